The van der Waals surface area contributed by atoms with E-state index in [1.165, 1.54) is 16.8 Å². The third kappa shape index (κ3) is 4.27. The smallest absolute Gasteiger partial charge is 0.251 e. The summed E-state index contributed by atoms with van der Waals surface area (Å²) in [7, 11) is -1.57. The molecule has 1 heterocycles. The SMILES string of the molecule is CC1CCCCC1NC(=O)c1cccc(S(=O)(=O)N2CCN(C)CC2)c1. The highest BCUT2D eigenvalue weighted by molar-refractivity contribution is 7.89. The van der Waals surface area contributed by atoms with E-state index in [-0.39, 0.29) is 16.8 Å². The van der Waals surface area contributed by atoms with Gasteiger partial charge in [0.1, 0.15) is 0 Å². The molecule has 2 atom stereocenters. The van der Waals surface area contributed by atoms with Gasteiger partial charge in [-0.2, -0.15) is 4.31 Å². The molecule has 7 heteroatoms. The first-order chi connectivity index (χ1) is 12.4. The Morgan fingerprint density at radius 3 is 2.50 bits per heavy atom. The Bertz CT molecular complexity index is 742. The number of hydrogen-bond acceptors (Lipinski definition) is 4. The Morgan fingerprint density at radius 1 is 1.12 bits per heavy atom. The van der Waals surface area contributed by atoms with Crippen molar-refractivity contribution in [3.8, 4) is 0 Å². The Labute approximate surface area is 156 Å². The van der Waals surface area contributed by atoms with Crippen LogP contribution in [0.1, 0.15) is 43.0 Å². The lowest BCUT2D eigenvalue weighted by atomic mass is 9.86. The van der Waals surface area contributed by atoms with Crippen LogP contribution in [0.25, 0.3) is 0 Å². The van der Waals surface area contributed by atoms with Gasteiger partial charge in [-0.1, -0.05) is 25.8 Å². The summed E-state index contributed by atoms with van der Waals surface area (Å²) in [4.78, 5) is 14.9. The molecule has 144 valence electrons. The van der Waals surface area contributed by atoms with Crippen LogP contribution in [0.4, 0.5) is 0 Å². The van der Waals surface area contributed by atoms with Crippen molar-refractivity contribution in [2.75, 3.05) is 33.2 Å². The zero-order valence-corrected chi connectivity index (χ0v) is 16.5. The first kappa shape index (κ1) is 19.3. The fourth-order valence-electron chi connectivity index (χ4n) is 3.76. The second-order valence-corrected chi connectivity index (χ2v) is 9.51. The molecule has 26 heavy (non-hydrogen) atoms. The van der Waals surface area contributed by atoms with Gasteiger partial charge in [0.25, 0.3) is 5.91 Å². The van der Waals surface area contributed by atoms with Crippen molar-refractivity contribution < 1.29 is 13.2 Å². The second-order valence-electron chi connectivity index (χ2n) is 7.58. The third-order valence-corrected chi connectivity index (χ3v) is 7.52. The van der Waals surface area contributed by atoms with Crippen LogP contribution in [0.3, 0.4) is 0 Å². The molecular formula is C19H29N3O3S. The Morgan fingerprint density at radius 2 is 1.81 bits per heavy atom. The van der Waals surface area contributed by atoms with Crippen LogP contribution in [-0.2, 0) is 10.0 Å². The number of benzene rings is 1. The van der Waals surface area contributed by atoms with Crippen molar-refractivity contribution in [2.45, 2.75) is 43.5 Å². The summed E-state index contributed by atoms with van der Waals surface area (Å²) in [6, 6.07) is 6.60. The number of piperazine rings is 1. The van der Waals surface area contributed by atoms with Gasteiger partial charge >= 0.3 is 0 Å². The topological polar surface area (TPSA) is 69.7 Å². The van der Waals surface area contributed by atoms with E-state index in [1.807, 2.05) is 7.05 Å². The van der Waals surface area contributed by atoms with E-state index in [9.17, 15) is 13.2 Å². The quantitative estimate of drug-likeness (QED) is 0.868. The maximum atomic E-state index is 12.9. The van der Waals surface area contributed by atoms with Crippen molar-refractivity contribution >= 4 is 15.9 Å². The zero-order chi connectivity index (χ0) is 18.7. The van der Waals surface area contributed by atoms with E-state index in [2.05, 4.69) is 17.1 Å². The van der Waals surface area contributed by atoms with Crippen molar-refractivity contribution in [3.05, 3.63) is 29.8 Å². The van der Waals surface area contributed by atoms with Crippen LogP contribution >= 0.6 is 0 Å². The highest BCUT2D eigenvalue weighted by Crippen LogP contribution is 2.24. The number of amides is 1. The normalized spacial score (nSPS) is 25.8. The van der Waals surface area contributed by atoms with Gasteiger partial charge < -0.3 is 10.2 Å². The van der Waals surface area contributed by atoms with Crippen LogP contribution in [-0.4, -0.2) is 62.8 Å². The highest BCUT2D eigenvalue weighted by Gasteiger charge is 2.28. The molecule has 0 bridgehead atoms. The van der Waals surface area contributed by atoms with Crippen LogP contribution in [0.5, 0.6) is 0 Å². The number of rotatable bonds is 4. The largest absolute Gasteiger partial charge is 0.349 e. The molecule has 1 N–H and O–H groups in total. The predicted octanol–water partition coefficient (Wildman–Crippen LogP) is 1.93. The van der Waals surface area contributed by atoms with E-state index in [4.69, 9.17) is 0 Å². The van der Waals surface area contributed by atoms with Gasteiger partial charge in [-0.05, 0) is 44.0 Å². The van der Waals surface area contributed by atoms with Crippen molar-refractivity contribution in [3.63, 3.8) is 0 Å². The van der Waals surface area contributed by atoms with Crippen LogP contribution in [0.2, 0.25) is 0 Å². The maximum Gasteiger partial charge on any atom is 0.251 e. The Kier molecular flexibility index (Phi) is 5.99. The van der Waals surface area contributed by atoms with E-state index in [1.54, 1.807) is 18.2 Å². The minimum Gasteiger partial charge on any atom is -0.349 e. The molecule has 0 spiro atoms. The number of nitrogens with one attached hydrogen (secondary N) is 1. The molecular weight excluding hydrogens is 350 g/mol. The molecule has 2 aliphatic rings. The number of hydrogen-bond donors (Lipinski definition) is 1. The highest BCUT2D eigenvalue weighted by atomic mass is 32.2. The van der Waals surface area contributed by atoms with Crippen molar-refractivity contribution in [2.24, 2.45) is 5.92 Å². The molecule has 3 rings (SSSR count). The minimum absolute atomic E-state index is 0.175. The molecule has 1 amide bonds. The number of carbonyl (C=O) groups excluding carboxylic acids is 1. The van der Waals surface area contributed by atoms with Crippen molar-refractivity contribution in [1.29, 1.82) is 0 Å². The van der Waals surface area contributed by atoms with Gasteiger partial charge in [0.15, 0.2) is 0 Å². The minimum atomic E-state index is -3.56. The van der Waals surface area contributed by atoms with E-state index in [0.717, 1.165) is 32.4 Å². The van der Waals surface area contributed by atoms with E-state index < -0.39 is 10.0 Å². The molecule has 0 radical (unpaired) electrons. The van der Waals surface area contributed by atoms with E-state index in [0.29, 0.717) is 24.6 Å². The number of carbonyl (C=O) groups is 1. The van der Waals surface area contributed by atoms with Gasteiger partial charge in [-0.15, -0.1) is 0 Å². The molecule has 2 unspecified atom stereocenters. The lowest BCUT2D eigenvalue weighted by molar-refractivity contribution is 0.0910. The molecule has 6 nitrogen and oxygen atoms in total. The average Bonchev–Trinajstić information content (AvgIpc) is 2.64. The van der Waals surface area contributed by atoms with Crippen molar-refractivity contribution in [1.82, 2.24) is 14.5 Å². The van der Waals surface area contributed by atoms with E-state index >= 15 is 0 Å². The molecule has 1 saturated carbocycles. The summed E-state index contributed by atoms with van der Waals surface area (Å²) < 4.78 is 27.3. The first-order valence-corrected chi connectivity index (χ1v) is 10.9. The molecule has 1 aromatic carbocycles. The number of sulfonamides is 1. The fraction of sp³-hybridized carbons (Fsp3) is 0.632. The lowest BCUT2D eigenvalue weighted by Gasteiger charge is -2.31. The monoisotopic (exact) mass is 379 g/mol. The Hall–Kier alpha value is -1.44. The predicted molar refractivity (Wildman–Crippen MR) is 102 cm³/mol. The van der Waals surface area contributed by atoms with Gasteiger partial charge in [0, 0.05) is 37.8 Å². The summed E-state index contributed by atoms with van der Waals surface area (Å²) in [5, 5.41) is 3.09. The summed E-state index contributed by atoms with van der Waals surface area (Å²) in [5.41, 5.74) is 0.415. The first-order valence-electron chi connectivity index (χ1n) is 9.47. The molecule has 1 saturated heterocycles. The van der Waals surface area contributed by atoms with Crippen LogP contribution in [0.15, 0.2) is 29.2 Å². The second kappa shape index (κ2) is 8.06. The summed E-state index contributed by atoms with van der Waals surface area (Å²) >= 11 is 0. The fourth-order valence-corrected chi connectivity index (χ4v) is 5.23. The number of likely N-dealkylation sites (N-methyl/N-ethyl adjacent to an activating group) is 1. The molecule has 1 aromatic rings. The molecule has 1 aliphatic heterocycles. The average molecular weight is 380 g/mol. The maximum absolute atomic E-state index is 12.9. The van der Waals surface area contributed by atoms with Crippen LogP contribution < -0.4 is 5.32 Å². The molecule has 1 aliphatic carbocycles. The number of nitrogens with zero attached hydrogens (tertiary/aromatic N) is 2. The summed E-state index contributed by atoms with van der Waals surface area (Å²) in [6.07, 6.45) is 4.47. The van der Waals surface area contributed by atoms with Gasteiger partial charge in [-0.3, -0.25) is 4.79 Å². The molecule has 2 fully saturated rings. The molecule has 0 aromatic heterocycles. The van der Waals surface area contributed by atoms with Gasteiger partial charge in [-0.25, -0.2) is 8.42 Å². The lowest BCUT2D eigenvalue weighted by Crippen LogP contribution is -2.47. The zero-order valence-electron chi connectivity index (χ0n) is 15.6. The Balaban J connectivity index is 1.74. The van der Waals surface area contributed by atoms with Crippen LogP contribution in [0, 0.1) is 5.92 Å². The summed E-state index contributed by atoms with van der Waals surface area (Å²) in [5.74, 6) is 0.282. The third-order valence-electron chi connectivity index (χ3n) is 5.62. The summed E-state index contributed by atoms with van der Waals surface area (Å²) in [6.45, 7) is 4.57. The standard InChI is InChI=1S/C19H29N3O3S/c1-15-6-3-4-9-18(15)20-19(23)16-7-5-8-17(14-16)26(24,25)22-12-10-21(2)11-13-22/h5,7-8,14-15,18H,3-4,6,9-13H2,1-2H3,(H,20,23). The van der Waals surface area contributed by atoms with Gasteiger partial charge in [0.2, 0.25) is 10.0 Å². The van der Waals surface area contributed by atoms with Gasteiger partial charge in [0.05, 0.1) is 4.90 Å².